The number of anilines is 1. The Bertz CT molecular complexity index is 789. The van der Waals surface area contributed by atoms with Crippen molar-refractivity contribution < 1.29 is 18.0 Å². The molecule has 1 aliphatic heterocycles. The zero-order chi connectivity index (χ0) is 18.7. The van der Waals surface area contributed by atoms with E-state index in [9.17, 15) is 18.0 Å². The molecule has 1 amide bonds. The minimum absolute atomic E-state index is 0.0868. The minimum Gasteiger partial charge on any atom is -0.353 e. The van der Waals surface area contributed by atoms with E-state index in [0.717, 1.165) is 11.6 Å². The van der Waals surface area contributed by atoms with E-state index < -0.39 is 11.7 Å². The summed E-state index contributed by atoms with van der Waals surface area (Å²) in [7, 11) is 0. The van der Waals surface area contributed by atoms with E-state index in [0.29, 0.717) is 37.6 Å². The summed E-state index contributed by atoms with van der Waals surface area (Å²) < 4.78 is 39.5. The van der Waals surface area contributed by atoms with E-state index in [4.69, 9.17) is 11.6 Å². The van der Waals surface area contributed by atoms with Crippen molar-refractivity contribution in [2.75, 3.05) is 31.1 Å². The molecule has 1 aromatic carbocycles. The van der Waals surface area contributed by atoms with E-state index in [1.54, 1.807) is 28.0 Å². The maximum atomic E-state index is 13.2. The Morgan fingerprint density at radius 1 is 1.12 bits per heavy atom. The first-order chi connectivity index (χ1) is 12.4. The van der Waals surface area contributed by atoms with E-state index in [1.807, 2.05) is 6.07 Å². The van der Waals surface area contributed by atoms with E-state index in [1.165, 1.54) is 12.3 Å². The monoisotopic (exact) mass is 383 g/mol. The highest BCUT2D eigenvalue weighted by Gasteiger charge is 2.36. The summed E-state index contributed by atoms with van der Waals surface area (Å²) >= 11 is 5.80. The summed E-state index contributed by atoms with van der Waals surface area (Å²) in [4.78, 5) is 19.7. The Balaban J connectivity index is 1.71. The molecule has 2 heterocycles. The molecule has 0 aliphatic carbocycles. The van der Waals surface area contributed by atoms with Crippen LogP contribution in [0.15, 0.2) is 42.6 Å². The van der Waals surface area contributed by atoms with Crippen molar-refractivity contribution in [3.8, 4) is 0 Å². The normalized spacial score (nSPS) is 15.2. The van der Waals surface area contributed by atoms with Crippen LogP contribution >= 0.6 is 11.6 Å². The molecular formula is C18H17ClF3N3O. The van der Waals surface area contributed by atoms with Crippen LogP contribution in [0.2, 0.25) is 0 Å². The van der Waals surface area contributed by atoms with Gasteiger partial charge in [0.2, 0.25) is 0 Å². The molecule has 0 atom stereocenters. The highest BCUT2D eigenvalue weighted by molar-refractivity contribution is 6.17. The van der Waals surface area contributed by atoms with Gasteiger partial charge >= 0.3 is 6.18 Å². The van der Waals surface area contributed by atoms with Gasteiger partial charge in [-0.05, 0) is 29.8 Å². The third-order valence-electron chi connectivity index (χ3n) is 4.29. The first-order valence-corrected chi connectivity index (χ1v) is 8.65. The van der Waals surface area contributed by atoms with Crippen molar-refractivity contribution in [2.45, 2.75) is 12.1 Å². The van der Waals surface area contributed by atoms with Crippen LogP contribution < -0.4 is 4.90 Å². The Hall–Kier alpha value is -2.28. The number of benzene rings is 1. The Kier molecular flexibility index (Phi) is 5.36. The van der Waals surface area contributed by atoms with Crippen LogP contribution in [-0.4, -0.2) is 42.0 Å². The predicted molar refractivity (Wildman–Crippen MR) is 93.4 cm³/mol. The molecule has 2 aromatic rings. The molecule has 8 heteroatoms. The number of amides is 1. The Morgan fingerprint density at radius 3 is 2.50 bits per heavy atom. The topological polar surface area (TPSA) is 36.4 Å². The second kappa shape index (κ2) is 7.53. The smallest absolute Gasteiger partial charge is 0.353 e. The van der Waals surface area contributed by atoms with Crippen molar-refractivity contribution in [2.24, 2.45) is 0 Å². The first kappa shape index (κ1) is 18.5. The van der Waals surface area contributed by atoms with E-state index in [2.05, 4.69) is 4.98 Å². The molecule has 0 bridgehead atoms. The van der Waals surface area contributed by atoms with Gasteiger partial charge in [0.1, 0.15) is 5.82 Å². The molecule has 1 aromatic heterocycles. The Morgan fingerprint density at radius 2 is 1.85 bits per heavy atom. The van der Waals surface area contributed by atoms with Gasteiger partial charge in [-0.2, -0.15) is 13.2 Å². The summed E-state index contributed by atoms with van der Waals surface area (Å²) in [6.45, 7) is 1.25. The quantitative estimate of drug-likeness (QED) is 0.756. The zero-order valence-electron chi connectivity index (χ0n) is 13.8. The van der Waals surface area contributed by atoms with Gasteiger partial charge in [-0.1, -0.05) is 12.1 Å². The lowest BCUT2D eigenvalue weighted by atomic mass is 10.1. The van der Waals surface area contributed by atoms with E-state index >= 15 is 0 Å². The number of pyridine rings is 1. The molecule has 1 aliphatic rings. The van der Waals surface area contributed by atoms with Crippen LogP contribution in [0, 0.1) is 0 Å². The van der Waals surface area contributed by atoms with Crippen LogP contribution in [-0.2, 0) is 12.1 Å². The first-order valence-electron chi connectivity index (χ1n) is 8.11. The molecular weight excluding hydrogens is 367 g/mol. The molecule has 0 radical (unpaired) electrons. The lowest BCUT2D eigenvalue weighted by molar-refractivity contribution is -0.137. The number of carbonyl (C=O) groups is 1. The molecule has 3 rings (SSSR count). The van der Waals surface area contributed by atoms with Gasteiger partial charge in [0.05, 0.1) is 5.56 Å². The van der Waals surface area contributed by atoms with Crippen molar-refractivity contribution in [1.29, 1.82) is 0 Å². The fraction of sp³-hybridized carbons (Fsp3) is 0.333. The maximum Gasteiger partial charge on any atom is 0.419 e. The van der Waals surface area contributed by atoms with Gasteiger partial charge in [0, 0.05) is 43.8 Å². The third-order valence-corrected chi connectivity index (χ3v) is 4.60. The summed E-state index contributed by atoms with van der Waals surface area (Å²) in [6, 6.07) is 9.35. The van der Waals surface area contributed by atoms with Crippen LogP contribution in [0.1, 0.15) is 21.5 Å². The van der Waals surface area contributed by atoms with Gasteiger partial charge in [-0.25, -0.2) is 4.98 Å². The van der Waals surface area contributed by atoms with Crippen LogP contribution in [0.3, 0.4) is 0 Å². The summed E-state index contributed by atoms with van der Waals surface area (Å²) in [5.41, 5.74) is 0.625. The molecule has 1 fully saturated rings. The van der Waals surface area contributed by atoms with Crippen molar-refractivity contribution in [3.63, 3.8) is 0 Å². The van der Waals surface area contributed by atoms with Crippen molar-refractivity contribution in [1.82, 2.24) is 9.88 Å². The Labute approximate surface area is 154 Å². The number of piperazine rings is 1. The maximum absolute atomic E-state index is 13.2. The number of halogens is 4. The summed E-state index contributed by atoms with van der Waals surface area (Å²) in [6.07, 6.45) is -3.11. The van der Waals surface area contributed by atoms with Gasteiger partial charge in [-0.3, -0.25) is 4.79 Å². The lowest BCUT2D eigenvalue weighted by Gasteiger charge is -2.36. The average molecular weight is 384 g/mol. The zero-order valence-corrected chi connectivity index (χ0v) is 14.6. The fourth-order valence-electron chi connectivity index (χ4n) is 2.96. The summed E-state index contributed by atoms with van der Waals surface area (Å²) in [5, 5.41) is 0. The molecule has 4 nitrogen and oxygen atoms in total. The van der Waals surface area contributed by atoms with E-state index in [-0.39, 0.29) is 11.7 Å². The van der Waals surface area contributed by atoms with Crippen LogP contribution in [0.5, 0.6) is 0 Å². The molecule has 138 valence electrons. The predicted octanol–water partition coefficient (Wildman–Crippen LogP) is 3.80. The average Bonchev–Trinajstić information content (AvgIpc) is 2.67. The minimum atomic E-state index is -4.46. The number of hydrogen-bond acceptors (Lipinski definition) is 3. The van der Waals surface area contributed by atoms with Gasteiger partial charge < -0.3 is 9.80 Å². The van der Waals surface area contributed by atoms with Gasteiger partial charge in [0.15, 0.2) is 0 Å². The molecule has 0 spiro atoms. The SMILES string of the molecule is O=C(c1cccc(CCl)c1)N1CCN(c2ncccc2C(F)(F)F)CC1. The van der Waals surface area contributed by atoms with Gasteiger partial charge in [0.25, 0.3) is 5.91 Å². The number of alkyl halides is 4. The molecule has 0 unspecified atom stereocenters. The number of aromatic nitrogens is 1. The van der Waals surface area contributed by atoms with Gasteiger partial charge in [-0.15, -0.1) is 11.6 Å². The largest absolute Gasteiger partial charge is 0.419 e. The van der Waals surface area contributed by atoms with Crippen molar-refractivity contribution in [3.05, 3.63) is 59.3 Å². The lowest BCUT2D eigenvalue weighted by Crippen LogP contribution is -2.49. The number of nitrogens with zero attached hydrogens (tertiary/aromatic N) is 3. The second-order valence-corrected chi connectivity index (χ2v) is 6.25. The highest BCUT2D eigenvalue weighted by atomic mass is 35.5. The van der Waals surface area contributed by atoms with Crippen molar-refractivity contribution >= 4 is 23.3 Å². The second-order valence-electron chi connectivity index (χ2n) is 5.99. The number of rotatable bonds is 3. The highest BCUT2D eigenvalue weighted by Crippen LogP contribution is 2.35. The number of carbonyl (C=O) groups excluding carboxylic acids is 1. The molecule has 1 saturated heterocycles. The molecule has 0 saturated carbocycles. The number of hydrogen-bond donors (Lipinski definition) is 0. The third kappa shape index (κ3) is 3.93. The fourth-order valence-corrected chi connectivity index (χ4v) is 3.13. The standard InChI is InChI=1S/C18H17ClF3N3O/c19-12-13-3-1-4-14(11-13)17(26)25-9-7-24(8-10-25)16-15(18(20,21)22)5-2-6-23-16/h1-6,11H,7-10,12H2. The molecule has 0 N–H and O–H groups in total. The molecule has 26 heavy (non-hydrogen) atoms. The van der Waals surface area contributed by atoms with Crippen LogP contribution in [0.25, 0.3) is 0 Å². The van der Waals surface area contributed by atoms with Crippen LogP contribution in [0.4, 0.5) is 19.0 Å². The summed E-state index contributed by atoms with van der Waals surface area (Å²) in [5.74, 6) is 0.0827.